The lowest BCUT2D eigenvalue weighted by molar-refractivity contribution is 1.49. The molecule has 1 aromatic carbocycles. The topological polar surface area (TPSA) is 73.6 Å². The summed E-state index contributed by atoms with van der Waals surface area (Å²) < 4.78 is 0. The Morgan fingerprint density at radius 1 is 1.06 bits per heavy atom. The summed E-state index contributed by atoms with van der Waals surface area (Å²) in [4.78, 5) is 0.486. The summed E-state index contributed by atoms with van der Waals surface area (Å²) in [6.07, 6.45) is 0. The normalized spacial score (nSPS) is 9.38. The molecule has 2 aromatic rings. The fraction of sp³-hybridized carbons (Fsp3) is 0. The van der Waals surface area contributed by atoms with Crippen LogP contribution in [0.3, 0.4) is 0 Å². The van der Waals surface area contributed by atoms with Gasteiger partial charge in [-0.15, -0.1) is 11.3 Å². The van der Waals surface area contributed by atoms with Gasteiger partial charge in [0.25, 0.3) is 0 Å². The predicted octanol–water partition coefficient (Wildman–Crippen LogP) is 2.74. The first-order valence-corrected chi connectivity index (χ1v) is 5.37. The van der Waals surface area contributed by atoms with Crippen molar-refractivity contribution in [2.75, 3.05) is 5.73 Å². The van der Waals surface area contributed by atoms with Crippen LogP contribution in [0.4, 0.5) is 5.00 Å². The van der Waals surface area contributed by atoms with Gasteiger partial charge in [0.2, 0.25) is 0 Å². The Morgan fingerprint density at radius 2 is 1.75 bits per heavy atom. The van der Waals surface area contributed by atoms with Crippen molar-refractivity contribution in [3.63, 3.8) is 0 Å². The molecule has 0 unspecified atom stereocenters. The molecular weight excluding hydrogens is 218 g/mol. The summed E-state index contributed by atoms with van der Waals surface area (Å²) in [7, 11) is 0. The summed E-state index contributed by atoms with van der Waals surface area (Å²) in [6, 6.07) is 13.5. The minimum Gasteiger partial charge on any atom is -0.389 e. The Balaban J connectivity index is 2.75. The number of anilines is 1. The van der Waals surface area contributed by atoms with Crippen molar-refractivity contribution in [2.45, 2.75) is 0 Å². The fourth-order valence-corrected chi connectivity index (χ4v) is 2.36. The molecule has 0 amide bonds. The summed E-state index contributed by atoms with van der Waals surface area (Å²) in [5.74, 6) is 0. The van der Waals surface area contributed by atoms with Crippen LogP contribution in [0.1, 0.15) is 10.4 Å². The minimum absolute atomic E-state index is 0.396. The highest BCUT2D eigenvalue weighted by Crippen LogP contribution is 2.37. The first kappa shape index (κ1) is 10.2. The SMILES string of the molecule is N#Cc1sc(N)c(C#N)c1-c1ccccc1. The van der Waals surface area contributed by atoms with Crippen molar-refractivity contribution < 1.29 is 0 Å². The van der Waals surface area contributed by atoms with Gasteiger partial charge in [-0.2, -0.15) is 10.5 Å². The zero-order valence-corrected chi connectivity index (χ0v) is 9.08. The van der Waals surface area contributed by atoms with Gasteiger partial charge < -0.3 is 5.73 Å². The molecule has 2 rings (SSSR count). The smallest absolute Gasteiger partial charge is 0.116 e. The van der Waals surface area contributed by atoms with E-state index in [1.54, 1.807) is 0 Å². The Morgan fingerprint density at radius 3 is 2.31 bits per heavy atom. The van der Waals surface area contributed by atoms with Gasteiger partial charge in [-0.3, -0.25) is 0 Å². The van der Waals surface area contributed by atoms with Gasteiger partial charge in [-0.05, 0) is 5.56 Å². The number of rotatable bonds is 1. The second-order valence-corrected chi connectivity index (χ2v) is 4.19. The van der Waals surface area contributed by atoms with E-state index >= 15 is 0 Å². The van der Waals surface area contributed by atoms with Crippen molar-refractivity contribution >= 4 is 16.3 Å². The number of hydrogen-bond donors (Lipinski definition) is 1. The quantitative estimate of drug-likeness (QED) is 0.810. The van der Waals surface area contributed by atoms with E-state index in [4.69, 9.17) is 16.3 Å². The third-order valence-electron chi connectivity index (χ3n) is 2.21. The van der Waals surface area contributed by atoms with E-state index in [-0.39, 0.29) is 0 Å². The largest absolute Gasteiger partial charge is 0.389 e. The van der Waals surface area contributed by atoms with Crippen molar-refractivity contribution in [2.24, 2.45) is 0 Å². The molecule has 2 N–H and O–H groups in total. The maximum Gasteiger partial charge on any atom is 0.116 e. The molecule has 76 valence electrons. The molecule has 0 aliphatic carbocycles. The summed E-state index contributed by atoms with van der Waals surface area (Å²) >= 11 is 1.15. The molecule has 0 saturated carbocycles. The highest BCUT2D eigenvalue weighted by Gasteiger charge is 2.17. The van der Waals surface area contributed by atoms with Crippen LogP contribution in [-0.2, 0) is 0 Å². The third kappa shape index (κ3) is 1.52. The van der Waals surface area contributed by atoms with Crippen molar-refractivity contribution in [1.82, 2.24) is 0 Å². The van der Waals surface area contributed by atoms with Gasteiger partial charge in [-0.25, -0.2) is 0 Å². The van der Waals surface area contributed by atoms with E-state index in [0.29, 0.717) is 21.0 Å². The van der Waals surface area contributed by atoms with Crippen molar-refractivity contribution in [1.29, 1.82) is 10.5 Å². The first-order valence-electron chi connectivity index (χ1n) is 4.55. The van der Waals surface area contributed by atoms with Crippen LogP contribution < -0.4 is 5.73 Å². The van der Waals surface area contributed by atoms with Gasteiger partial charge in [-0.1, -0.05) is 30.3 Å². The summed E-state index contributed by atoms with van der Waals surface area (Å²) in [5.41, 5.74) is 7.60. The number of nitriles is 2. The van der Waals surface area contributed by atoms with Gasteiger partial charge in [0.15, 0.2) is 0 Å². The molecule has 0 radical (unpaired) electrons. The molecule has 0 aliphatic rings. The molecule has 0 aliphatic heterocycles. The monoisotopic (exact) mass is 225 g/mol. The second-order valence-electron chi connectivity index (χ2n) is 3.14. The highest BCUT2D eigenvalue weighted by molar-refractivity contribution is 7.17. The number of hydrogen-bond acceptors (Lipinski definition) is 4. The van der Waals surface area contributed by atoms with E-state index in [1.165, 1.54) is 0 Å². The van der Waals surface area contributed by atoms with Crippen LogP contribution in [0.2, 0.25) is 0 Å². The number of nitrogens with zero attached hydrogens (tertiary/aromatic N) is 2. The average Bonchev–Trinajstić information content (AvgIpc) is 2.66. The van der Waals surface area contributed by atoms with Crippen LogP contribution in [0.25, 0.3) is 11.1 Å². The van der Waals surface area contributed by atoms with Gasteiger partial charge >= 0.3 is 0 Å². The lowest BCUT2D eigenvalue weighted by atomic mass is 10.0. The molecule has 0 saturated heterocycles. The van der Waals surface area contributed by atoms with E-state index in [9.17, 15) is 0 Å². The molecule has 0 bridgehead atoms. The molecule has 3 nitrogen and oxygen atoms in total. The number of nitrogen functional groups attached to an aromatic ring is 1. The molecule has 1 heterocycles. The molecule has 4 heteroatoms. The van der Waals surface area contributed by atoms with Crippen LogP contribution in [0.5, 0.6) is 0 Å². The highest BCUT2D eigenvalue weighted by atomic mass is 32.1. The minimum atomic E-state index is 0.396. The maximum absolute atomic E-state index is 9.04. The lowest BCUT2D eigenvalue weighted by Gasteiger charge is -1.99. The summed E-state index contributed by atoms with van der Waals surface area (Å²) in [6.45, 7) is 0. The van der Waals surface area contributed by atoms with Crippen LogP contribution in [0.15, 0.2) is 30.3 Å². The lowest BCUT2D eigenvalue weighted by Crippen LogP contribution is -1.86. The standard InChI is InChI=1S/C12H7N3S/c13-6-9-11(8-4-2-1-3-5-8)10(7-14)16-12(9)15/h1-5H,15H2. The number of benzene rings is 1. The van der Waals surface area contributed by atoms with Crippen molar-refractivity contribution in [3.8, 4) is 23.3 Å². The molecule has 16 heavy (non-hydrogen) atoms. The van der Waals surface area contributed by atoms with E-state index in [0.717, 1.165) is 16.9 Å². The van der Waals surface area contributed by atoms with Crippen molar-refractivity contribution in [3.05, 3.63) is 40.8 Å². The Labute approximate surface area is 97.0 Å². The number of nitrogens with two attached hydrogens (primary N) is 1. The third-order valence-corrected chi connectivity index (χ3v) is 3.13. The van der Waals surface area contributed by atoms with Gasteiger partial charge in [0.05, 0.1) is 5.56 Å². The Kier molecular flexibility index (Phi) is 2.59. The fourth-order valence-electron chi connectivity index (χ4n) is 1.52. The summed E-state index contributed by atoms with van der Waals surface area (Å²) in [5, 5.41) is 18.4. The van der Waals surface area contributed by atoms with Crippen LogP contribution >= 0.6 is 11.3 Å². The second kappa shape index (κ2) is 4.06. The van der Waals surface area contributed by atoms with Crippen LogP contribution in [0, 0.1) is 22.7 Å². The zero-order chi connectivity index (χ0) is 11.5. The molecule has 1 aromatic heterocycles. The van der Waals surface area contributed by atoms with Crippen LogP contribution in [-0.4, -0.2) is 0 Å². The van der Waals surface area contributed by atoms with E-state index in [1.807, 2.05) is 30.3 Å². The van der Waals surface area contributed by atoms with E-state index in [2.05, 4.69) is 12.1 Å². The average molecular weight is 225 g/mol. The molecule has 0 fully saturated rings. The number of thiophene rings is 1. The van der Waals surface area contributed by atoms with Gasteiger partial charge in [0.1, 0.15) is 22.0 Å². The maximum atomic E-state index is 9.04. The Hall–Kier alpha value is -2.30. The molecular formula is C12H7N3S. The van der Waals surface area contributed by atoms with E-state index < -0.39 is 0 Å². The van der Waals surface area contributed by atoms with Gasteiger partial charge in [0, 0.05) is 5.56 Å². The molecule has 0 spiro atoms. The zero-order valence-electron chi connectivity index (χ0n) is 8.27. The Bertz CT molecular complexity index is 600. The molecule has 0 atom stereocenters. The predicted molar refractivity (Wildman–Crippen MR) is 63.6 cm³/mol. The first-order chi connectivity index (χ1) is 7.77.